The lowest BCUT2D eigenvalue weighted by molar-refractivity contribution is 0.0696. The molecule has 0 aliphatic carbocycles. The van der Waals surface area contributed by atoms with Crippen LogP contribution in [-0.4, -0.2) is 37.2 Å². The second-order valence-electron chi connectivity index (χ2n) is 5.11. The monoisotopic (exact) mass is 315 g/mol. The number of hydrogen-bond donors (Lipinski definition) is 3. The molecule has 0 aromatic heterocycles. The van der Waals surface area contributed by atoms with Crippen LogP contribution < -0.4 is 4.72 Å². The third-order valence-electron chi connectivity index (χ3n) is 3.31. The van der Waals surface area contributed by atoms with Crippen molar-refractivity contribution in [2.24, 2.45) is 0 Å². The molecule has 0 spiro atoms. The van der Waals surface area contributed by atoms with Gasteiger partial charge in [-0.25, -0.2) is 17.9 Å². The first-order chi connectivity index (χ1) is 9.69. The summed E-state index contributed by atoms with van der Waals surface area (Å²) in [6, 6.07) is 2.29. The molecule has 0 saturated heterocycles. The van der Waals surface area contributed by atoms with Gasteiger partial charge in [0, 0.05) is 12.6 Å². The fourth-order valence-electron chi connectivity index (χ4n) is 2.01. The zero-order valence-electron chi connectivity index (χ0n) is 12.4. The van der Waals surface area contributed by atoms with Gasteiger partial charge in [-0.2, -0.15) is 0 Å². The average Bonchev–Trinajstić information content (AvgIpc) is 2.38. The minimum Gasteiger partial charge on any atom is -0.478 e. The Bertz CT molecular complexity index is 624. The van der Waals surface area contributed by atoms with E-state index in [0.29, 0.717) is 24.0 Å². The number of carboxylic acid groups (broad SMARTS) is 1. The first-order valence-corrected chi connectivity index (χ1v) is 8.15. The molecule has 21 heavy (non-hydrogen) atoms. The Balaban J connectivity index is 3.16. The lowest BCUT2D eigenvalue weighted by atomic mass is 10.1. The Morgan fingerprint density at radius 1 is 1.33 bits per heavy atom. The number of rotatable bonds is 7. The molecule has 0 fully saturated rings. The van der Waals surface area contributed by atoms with Gasteiger partial charge < -0.3 is 10.2 Å². The number of sulfonamides is 1. The maximum atomic E-state index is 12.4. The summed E-state index contributed by atoms with van der Waals surface area (Å²) in [6.45, 7) is 5.03. The Labute approximate surface area is 124 Å². The van der Waals surface area contributed by atoms with E-state index < -0.39 is 16.0 Å². The van der Waals surface area contributed by atoms with Crippen LogP contribution in [0.4, 0.5) is 0 Å². The van der Waals surface area contributed by atoms with Gasteiger partial charge in [-0.1, -0.05) is 0 Å². The fraction of sp³-hybridized carbons (Fsp3) is 0.500. The number of benzene rings is 1. The van der Waals surface area contributed by atoms with Crippen LogP contribution in [0, 0.1) is 13.8 Å². The summed E-state index contributed by atoms with van der Waals surface area (Å²) in [5.74, 6) is -1.16. The van der Waals surface area contributed by atoms with Crippen LogP contribution in [-0.2, 0) is 10.0 Å². The first-order valence-electron chi connectivity index (χ1n) is 6.66. The van der Waals surface area contributed by atoms with E-state index in [4.69, 9.17) is 10.2 Å². The van der Waals surface area contributed by atoms with Crippen molar-refractivity contribution in [1.82, 2.24) is 4.72 Å². The van der Waals surface area contributed by atoms with Crippen molar-refractivity contribution in [3.05, 3.63) is 28.8 Å². The molecule has 0 aliphatic rings. The molecule has 7 heteroatoms. The summed E-state index contributed by atoms with van der Waals surface area (Å²) < 4.78 is 27.3. The molecule has 0 amide bonds. The molecule has 1 atom stereocenters. The molecular formula is C14H21NO5S. The number of carboxylic acids is 1. The molecule has 0 radical (unpaired) electrons. The molecule has 1 unspecified atom stereocenters. The van der Waals surface area contributed by atoms with E-state index in [0.717, 1.165) is 0 Å². The molecule has 0 saturated carbocycles. The van der Waals surface area contributed by atoms with Crippen molar-refractivity contribution in [2.45, 2.75) is 44.6 Å². The van der Waals surface area contributed by atoms with Gasteiger partial charge in [-0.05, 0) is 56.9 Å². The van der Waals surface area contributed by atoms with Crippen LogP contribution in [0.5, 0.6) is 0 Å². The highest BCUT2D eigenvalue weighted by Crippen LogP contribution is 2.21. The molecular weight excluding hydrogens is 294 g/mol. The largest absolute Gasteiger partial charge is 0.478 e. The highest BCUT2D eigenvalue weighted by molar-refractivity contribution is 7.89. The van der Waals surface area contributed by atoms with Gasteiger partial charge >= 0.3 is 5.97 Å². The average molecular weight is 315 g/mol. The zero-order valence-corrected chi connectivity index (χ0v) is 13.2. The lowest BCUT2D eigenvalue weighted by Crippen LogP contribution is -2.33. The minimum absolute atomic E-state index is 0.00129. The van der Waals surface area contributed by atoms with Crippen LogP contribution in [0.1, 0.15) is 41.3 Å². The Morgan fingerprint density at radius 2 is 1.95 bits per heavy atom. The fourth-order valence-corrected chi connectivity index (χ4v) is 3.64. The Kier molecular flexibility index (Phi) is 5.88. The van der Waals surface area contributed by atoms with E-state index in [2.05, 4.69) is 4.72 Å². The third kappa shape index (κ3) is 4.52. The van der Waals surface area contributed by atoms with Gasteiger partial charge in [0.05, 0.1) is 10.5 Å². The number of nitrogens with one attached hydrogen (secondary N) is 1. The number of carbonyl (C=O) groups is 1. The predicted molar refractivity (Wildman–Crippen MR) is 79.0 cm³/mol. The van der Waals surface area contributed by atoms with Gasteiger partial charge in [0.25, 0.3) is 0 Å². The molecule has 0 bridgehead atoms. The highest BCUT2D eigenvalue weighted by atomic mass is 32.2. The minimum atomic E-state index is -3.79. The maximum Gasteiger partial charge on any atom is 0.335 e. The van der Waals surface area contributed by atoms with Crippen molar-refractivity contribution in [3.63, 3.8) is 0 Å². The van der Waals surface area contributed by atoms with Crippen molar-refractivity contribution in [2.75, 3.05) is 6.61 Å². The second kappa shape index (κ2) is 7.02. The van der Waals surface area contributed by atoms with Crippen LogP contribution in [0.3, 0.4) is 0 Å². The Hall–Kier alpha value is -1.44. The van der Waals surface area contributed by atoms with Gasteiger partial charge in [-0.3, -0.25) is 0 Å². The number of aryl methyl sites for hydroxylation is 1. The molecule has 6 nitrogen and oxygen atoms in total. The molecule has 118 valence electrons. The van der Waals surface area contributed by atoms with E-state index in [1.165, 1.54) is 12.1 Å². The SMILES string of the molecule is Cc1cc(C(=O)O)cc(S(=O)(=O)NC(C)CCCO)c1C. The van der Waals surface area contributed by atoms with Crippen LogP contribution in [0.25, 0.3) is 0 Å². The van der Waals surface area contributed by atoms with E-state index in [1.54, 1.807) is 20.8 Å². The number of hydrogen-bond acceptors (Lipinski definition) is 4. The van der Waals surface area contributed by atoms with Crippen molar-refractivity contribution >= 4 is 16.0 Å². The number of aromatic carboxylic acids is 1. The standard InChI is InChI=1S/C14H21NO5S/c1-9-7-12(14(17)18)8-13(11(9)3)21(19,20)15-10(2)5-4-6-16/h7-8,10,15-16H,4-6H2,1-3H3,(H,17,18). The molecule has 1 aromatic rings. The van der Waals surface area contributed by atoms with Crippen LogP contribution >= 0.6 is 0 Å². The molecule has 0 heterocycles. The summed E-state index contributed by atoms with van der Waals surface area (Å²) in [5, 5.41) is 17.8. The van der Waals surface area contributed by atoms with Gasteiger partial charge in [0.15, 0.2) is 0 Å². The maximum absolute atomic E-state index is 12.4. The van der Waals surface area contributed by atoms with Crippen LogP contribution in [0.15, 0.2) is 17.0 Å². The first kappa shape index (κ1) is 17.6. The predicted octanol–water partition coefficient (Wildman–Crippen LogP) is 1.44. The van der Waals surface area contributed by atoms with E-state index >= 15 is 0 Å². The summed E-state index contributed by atoms with van der Waals surface area (Å²) in [5.41, 5.74) is 1.08. The topological polar surface area (TPSA) is 104 Å². The van der Waals surface area contributed by atoms with E-state index in [-0.39, 0.29) is 23.1 Å². The summed E-state index contributed by atoms with van der Waals surface area (Å²) >= 11 is 0. The molecule has 3 N–H and O–H groups in total. The van der Waals surface area contributed by atoms with Crippen molar-refractivity contribution in [1.29, 1.82) is 0 Å². The highest BCUT2D eigenvalue weighted by Gasteiger charge is 2.22. The number of aliphatic hydroxyl groups is 1. The number of aliphatic hydroxyl groups excluding tert-OH is 1. The quantitative estimate of drug-likeness (QED) is 0.706. The van der Waals surface area contributed by atoms with E-state index in [1.807, 2.05) is 0 Å². The second-order valence-corrected chi connectivity index (χ2v) is 6.79. The van der Waals surface area contributed by atoms with Crippen molar-refractivity contribution < 1.29 is 23.4 Å². The summed E-state index contributed by atoms with van der Waals surface area (Å²) in [4.78, 5) is 11.0. The molecule has 0 aliphatic heterocycles. The third-order valence-corrected chi connectivity index (χ3v) is 5.02. The van der Waals surface area contributed by atoms with Gasteiger partial charge in [-0.15, -0.1) is 0 Å². The lowest BCUT2D eigenvalue weighted by Gasteiger charge is -2.16. The van der Waals surface area contributed by atoms with E-state index in [9.17, 15) is 13.2 Å². The van der Waals surface area contributed by atoms with Crippen molar-refractivity contribution in [3.8, 4) is 0 Å². The Morgan fingerprint density at radius 3 is 2.48 bits per heavy atom. The van der Waals surface area contributed by atoms with Gasteiger partial charge in [0.1, 0.15) is 0 Å². The smallest absolute Gasteiger partial charge is 0.335 e. The molecule has 1 aromatic carbocycles. The summed E-state index contributed by atoms with van der Waals surface area (Å²) in [6.07, 6.45) is 1.00. The zero-order chi connectivity index (χ0) is 16.2. The normalized spacial score (nSPS) is 13.1. The van der Waals surface area contributed by atoms with Crippen LogP contribution in [0.2, 0.25) is 0 Å². The van der Waals surface area contributed by atoms with Gasteiger partial charge in [0.2, 0.25) is 10.0 Å². The molecule has 1 rings (SSSR count). The summed E-state index contributed by atoms with van der Waals surface area (Å²) in [7, 11) is -3.79.